The molecule has 0 saturated carbocycles. The standard InChI is InChI=1S/C17H32F3N5O.HI/c1-13-9-24(10-14(2)26-13)7-4-6-22-16(21-3)23-15-5-8-25(11-15)12-17(18,19)20;/h13-15H,4-12H2,1-3H3,(H2,21,22,23);1H. The van der Waals surface area contributed by atoms with Gasteiger partial charge in [-0.1, -0.05) is 0 Å². The van der Waals surface area contributed by atoms with Gasteiger partial charge in [0.1, 0.15) is 0 Å². The summed E-state index contributed by atoms with van der Waals surface area (Å²) in [4.78, 5) is 8.02. The lowest BCUT2D eigenvalue weighted by molar-refractivity contribution is -0.143. The predicted octanol–water partition coefficient (Wildman–Crippen LogP) is 1.91. The van der Waals surface area contributed by atoms with Gasteiger partial charge in [0, 0.05) is 52.4 Å². The number of alkyl halides is 3. The first-order valence-corrected chi connectivity index (χ1v) is 9.39. The summed E-state index contributed by atoms with van der Waals surface area (Å²) in [6.07, 6.45) is -1.93. The van der Waals surface area contributed by atoms with Crippen LogP contribution < -0.4 is 10.6 Å². The zero-order chi connectivity index (χ0) is 19.2. The third-order valence-corrected chi connectivity index (χ3v) is 4.68. The third kappa shape index (κ3) is 9.62. The number of rotatable bonds is 6. The molecule has 2 aliphatic heterocycles. The number of morpholine rings is 1. The summed E-state index contributed by atoms with van der Waals surface area (Å²) in [5, 5.41) is 6.49. The van der Waals surface area contributed by atoms with E-state index in [1.807, 2.05) is 0 Å². The molecular formula is C17H33F3IN5O. The molecule has 2 fully saturated rings. The summed E-state index contributed by atoms with van der Waals surface area (Å²) in [6, 6.07) is 0.00416. The van der Waals surface area contributed by atoms with Crippen LogP contribution in [-0.4, -0.2) is 93.0 Å². The summed E-state index contributed by atoms with van der Waals surface area (Å²) in [7, 11) is 1.68. The van der Waals surface area contributed by atoms with Crippen LogP contribution in [0, 0.1) is 0 Å². The van der Waals surface area contributed by atoms with Crippen LogP contribution in [0.2, 0.25) is 0 Å². The number of nitrogens with one attached hydrogen (secondary N) is 2. The number of nitrogens with zero attached hydrogens (tertiary/aromatic N) is 3. The van der Waals surface area contributed by atoms with Gasteiger partial charge in [-0.05, 0) is 26.7 Å². The Labute approximate surface area is 177 Å². The van der Waals surface area contributed by atoms with Gasteiger partial charge < -0.3 is 15.4 Å². The zero-order valence-corrected chi connectivity index (χ0v) is 18.7. The Morgan fingerprint density at radius 3 is 2.41 bits per heavy atom. The number of hydrogen-bond donors (Lipinski definition) is 2. The van der Waals surface area contributed by atoms with Crippen LogP contribution in [-0.2, 0) is 4.74 Å². The highest BCUT2D eigenvalue weighted by Gasteiger charge is 2.34. The van der Waals surface area contributed by atoms with Crippen LogP contribution in [0.25, 0.3) is 0 Å². The van der Waals surface area contributed by atoms with Crippen molar-refractivity contribution in [1.82, 2.24) is 20.4 Å². The van der Waals surface area contributed by atoms with E-state index in [-0.39, 0.29) is 42.2 Å². The zero-order valence-electron chi connectivity index (χ0n) is 16.4. The van der Waals surface area contributed by atoms with Crippen molar-refractivity contribution < 1.29 is 17.9 Å². The summed E-state index contributed by atoms with van der Waals surface area (Å²) in [5.41, 5.74) is 0. The number of hydrogen-bond acceptors (Lipinski definition) is 4. The molecule has 3 atom stereocenters. The second-order valence-corrected chi connectivity index (χ2v) is 7.35. The second kappa shape index (κ2) is 11.6. The van der Waals surface area contributed by atoms with E-state index in [1.54, 1.807) is 7.05 Å². The Balaban J connectivity index is 0.00000364. The van der Waals surface area contributed by atoms with Gasteiger partial charge in [-0.25, -0.2) is 0 Å². The fraction of sp³-hybridized carbons (Fsp3) is 0.941. The Morgan fingerprint density at radius 1 is 1.15 bits per heavy atom. The van der Waals surface area contributed by atoms with Crippen LogP contribution in [0.1, 0.15) is 26.7 Å². The maximum Gasteiger partial charge on any atom is 0.401 e. The van der Waals surface area contributed by atoms with Gasteiger partial charge in [-0.3, -0.25) is 14.8 Å². The smallest absolute Gasteiger partial charge is 0.373 e. The van der Waals surface area contributed by atoms with Crippen LogP contribution in [0.15, 0.2) is 4.99 Å². The fourth-order valence-electron chi connectivity index (χ4n) is 3.71. The highest BCUT2D eigenvalue weighted by molar-refractivity contribution is 14.0. The second-order valence-electron chi connectivity index (χ2n) is 7.35. The molecule has 0 radical (unpaired) electrons. The number of guanidine groups is 1. The van der Waals surface area contributed by atoms with E-state index in [2.05, 4.69) is 34.4 Å². The summed E-state index contributed by atoms with van der Waals surface area (Å²) < 4.78 is 43.1. The molecule has 0 aliphatic carbocycles. The van der Waals surface area contributed by atoms with Crippen LogP contribution in [0.4, 0.5) is 13.2 Å². The number of ether oxygens (including phenoxy) is 1. The first-order valence-electron chi connectivity index (χ1n) is 9.39. The SMILES string of the molecule is CN=C(NCCCN1CC(C)OC(C)C1)NC1CCN(CC(F)(F)F)C1.I. The van der Waals surface area contributed by atoms with Crippen molar-refractivity contribution in [3.63, 3.8) is 0 Å². The Bertz CT molecular complexity index is 456. The number of likely N-dealkylation sites (tertiary alicyclic amines) is 1. The summed E-state index contributed by atoms with van der Waals surface area (Å²) >= 11 is 0. The maximum atomic E-state index is 12.5. The van der Waals surface area contributed by atoms with Crippen LogP contribution >= 0.6 is 24.0 Å². The van der Waals surface area contributed by atoms with E-state index in [4.69, 9.17) is 4.74 Å². The minimum absolute atomic E-state index is 0. The van der Waals surface area contributed by atoms with E-state index >= 15 is 0 Å². The Kier molecular flexibility index (Phi) is 10.6. The molecular weight excluding hydrogens is 474 g/mol. The van der Waals surface area contributed by atoms with E-state index in [9.17, 15) is 13.2 Å². The van der Waals surface area contributed by atoms with Gasteiger partial charge in [0.05, 0.1) is 18.8 Å². The van der Waals surface area contributed by atoms with Crippen molar-refractivity contribution in [1.29, 1.82) is 0 Å². The molecule has 2 saturated heterocycles. The normalized spacial score (nSPS) is 28.1. The van der Waals surface area contributed by atoms with Crippen molar-refractivity contribution >= 4 is 29.9 Å². The highest BCUT2D eigenvalue weighted by Crippen LogP contribution is 2.19. The summed E-state index contributed by atoms with van der Waals surface area (Å²) in [5.74, 6) is 0.660. The van der Waals surface area contributed by atoms with E-state index in [0.29, 0.717) is 25.5 Å². The molecule has 2 heterocycles. The molecule has 6 nitrogen and oxygen atoms in total. The molecule has 2 aliphatic rings. The molecule has 0 aromatic rings. The van der Waals surface area contributed by atoms with Gasteiger partial charge in [-0.15, -0.1) is 24.0 Å². The van der Waals surface area contributed by atoms with Crippen molar-refractivity contribution in [2.45, 2.75) is 51.1 Å². The molecule has 0 bridgehead atoms. The maximum absolute atomic E-state index is 12.5. The van der Waals surface area contributed by atoms with Crippen molar-refractivity contribution in [3.8, 4) is 0 Å². The topological polar surface area (TPSA) is 52.1 Å². The minimum atomic E-state index is -4.14. The van der Waals surface area contributed by atoms with E-state index < -0.39 is 12.7 Å². The van der Waals surface area contributed by atoms with Gasteiger partial charge in [0.25, 0.3) is 0 Å². The minimum Gasteiger partial charge on any atom is -0.373 e. The van der Waals surface area contributed by atoms with Gasteiger partial charge >= 0.3 is 6.18 Å². The quantitative estimate of drug-likeness (QED) is 0.249. The van der Waals surface area contributed by atoms with E-state index in [1.165, 1.54) is 4.90 Å². The Morgan fingerprint density at radius 2 is 1.81 bits per heavy atom. The van der Waals surface area contributed by atoms with Gasteiger partial charge in [-0.2, -0.15) is 13.2 Å². The molecule has 3 unspecified atom stereocenters. The molecule has 10 heteroatoms. The molecule has 2 rings (SSSR count). The largest absolute Gasteiger partial charge is 0.401 e. The number of halogens is 4. The molecule has 0 amide bonds. The molecule has 2 N–H and O–H groups in total. The highest BCUT2D eigenvalue weighted by atomic mass is 127. The van der Waals surface area contributed by atoms with Crippen LogP contribution in [0.3, 0.4) is 0 Å². The average Bonchev–Trinajstić information content (AvgIpc) is 2.94. The molecule has 160 valence electrons. The predicted molar refractivity (Wildman–Crippen MR) is 112 cm³/mol. The number of aliphatic imine (C=N–C) groups is 1. The first-order chi connectivity index (χ1) is 12.2. The average molecular weight is 507 g/mol. The fourth-order valence-corrected chi connectivity index (χ4v) is 3.71. The molecule has 0 aromatic carbocycles. The molecule has 27 heavy (non-hydrogen) atoms. The van der Waals surface area contributed by atoms with Crippen molar-refractivity contribution in [3.05, 3.63) is 0 Å². The first kappa shape index (κ1) is 24.7. The van der Waals surface area contributed by atoms with Crippen molar-refractivity contribution in [2.75, 3.05) is 52.9 Å². The lowest BCUT2D eigenvalue weighted by Gasteiger charge is -2.35. The van der Waals surface area contributed by atoms with Crippen LogP contribution in [0.5, 0.6) is 0 Å². The Hall–Kier alpha value is -0.330. The molecule has 0 aromatic heterocycles. The lowest BCUT2D eigenvalue weighted by Crippen LogP contribution is -2.47. The van der Waals surface area contributed by atoms with E-state index in [0.717, 1.165) is 32.6 Å². The summed E-state index contributed by atoms with van der Waals surface area (Å²) in [6.45, 7) is 7.87. The van der Waals surface area contributed by atoms with Gasteiger partial charge in [0.15, 0.2) is 5.96 Å². The monoisotopic (exact) mass is 507 g/mol. The third-order valence-electron chi connectivity index (χ3n) is 4.68. The lowest BCUT2D eigenvalue weighted by atomic mass is 10.2. The van der Waals surface area contributed by atoms with Gasteiger partial charge in [0.2, 0.25) is 0 Å². The molecule has 0 spiro atoms. The van der Waals surface area contributed by atoms with Crippen molar-refractivity contribution in [2.24, 2.45) is 4.99 Å².